The summed E-state index contributed by atoms with van der Waals surface area (Å²) in [6.07, 6.45) is 4.35. The van der Waals surface area contributed by atoms with Gasteiger partial charge in [-0.25, -0.2) is 4.39 Å². The first kappa shape index (κ1) is 12.6. The highest BCUT2D eigenvalue weighted by molar-refractivity contribution is 5.82. The quantitative estimate of drug-likeness (QED) is 0.910. The minimum atomic E-state index is -0.309. The second kappa shape index (κ2) is 4.93. The van der Waals surface area contributed by atoms with Gasteiger partial charge in [-0.2, -0.15) is 0 Å². The minimum Gasteiger partial charge on any atom is -0.368 e. The highest BCUT2D eigenvalue weighted by Crippen LogP contribution is 2.41. The molecule has 3 nitrogen and oxygen atoms in total. The molecule has 0 bridgehead atoms. The molecule has 2 aliphatic rings. The maximum absolute atomic E-state index is 13.0. The summed E-state index contributed by atoms with van der Waals surface area (Å²) in [5.41, 5.74) is 0.683. The Bertz CT molecular complexity index is 462. The van der Waals surface area contributed by atoms with Crippen molar-refractivity contribution in [2.45, 2.75) is 43.7 Å². The van der Waals surface area contributed by atoms with Crippen LogP contribution in [-0.2, 0) is 15.1 Å². The average molecular weight is 263 g/mol. The molecule has 1 aromatic rings. The lowest BCUT2D eigenvalue weighted by Crippen LogP contribution is -2.53. The number of hydrogen-bond donors (Lipinski definition) is 1. The van der Waals surface area contributed by atoms with Crippen molar-refractivity contribution < 1.29 is 13.9 Å². The fraction of sp³-hybridized carbons (Fsp3) is 0.533. The summed E-state index contributed by atoms with van der Waals surface area (Å²) in [7, 11) is 0. The normalized spacial score (nSPS) is 24.8. The third-order valence-electron chi connectivity index (χ3n) is 4.19. The van der Waals surface area contributed by atoms with Crippen LogP contribution in [0.3, 0.4) is 0 Å². The summed E-state index contributed by atoms with van der Waals surface area (Å²) in [5, 5.41) is 3.12. The van der Waals surface area contributed by atoms with Crippen LogP contribution in [0.4, 0.5) is 4.39 Å². The summed E-state index contributed by atoms with van der Waals surface area (Å²) < 4.78 is 18.4. The number of hydrogen-bond acceptors (Lipinski definition) is 2. The number of halogens is 1. The van der Waals surface area contributed by atoms with E-state index >= 15 is 0 Å². The van der Waals surface area contributed by atoms with Gasteiger partial charge < -0.3 is 10.1 Å². The Morgan fingerprint density at radius 3 is 2.53 bits per heavy atom. The largest absolute Gasteiger partial charge is 0.368 e. The van der Waals surface area contributed by atoms with Crippen molar-refractivity contribution in [3.8, 4) is 0 Å². The van der Waals surface area contributed by atoms with E-state index in [1.165, 1.54) is 12.1 Å². The van der Waals surface area contributed by atoms with Crippen molar-refractivity contribution in [3.05, 3.63) is 35.6 Å². The van der Waals surface area contributed by atoms with Crippen LogP contribution in [0.2, 0.25) is 0 Å². The van der Waals surface area contributed by atoms with Gasteiger partial charge in [0.05, 0.1) is 5.54 Å². The third-order valence-corrected chi connectivity index (χ3v) is 4.19. The molecule has 1 aliphatic heterocycles. The zero-order valence-electron chi connectivity index (χ0n) is 10.8. The maximum Gasteiger partial charge on any atom is 0.249 e. The van der Waals surface area contributed by atoms with Crippen LogP contribution in [0.25, 0.3) is 0 Å². The van der Waals surface area contributed by atoms with Crippen molar-refractivity contribution >= 4 is 5.91 Å². The van der Waals surface area contributed by atoms with Gasteiger partial charge in [0.25, 0.3) is 0 Å². The molecule has 1 heterocycles. The number of nitrogens with one attached hydrogen (secondary N) is 1. The second-order valence-electron chi connectivity index (χ2n) is 5.43. The standard InChI is InChI=1S/C15H18FNO2/c16-12-6-4-11(5-7-12)15(8-2-9-15)17-14(18)13-3-1-10-19-13/h4-7,13H,1-3,8-10H2,(H,17,18). The molecule has 1 amide bonds. The molecular formula is C15H18FNO2. The van der Waals surface area contributed by atoms with Gasteiger partial charge in [-0.1, -0.05) is 12.1 Å². The van der Waals surface area contributed by atoms with Crippen molar-refractivity contribution in [1.29, 1.82) is 0 Å². The molecule has 0 radical (unpaired) electrons. The van der Waals surface area contributed by atoms with E-state index in [0.717, 1.165) is 37.7 Å². The van der Waals surface area contributed by atoms with Gasteiger partial charge in [-0.3, -0.25) is 4.79 Å². The van der Waals surface area contributed by atoms with Gasteiger partial charge >= 0.3 is 0 Å². The molecule has 2 fully saturated rings. The number of ether oxygens (including phenoxy) is 1. The van der Waals surface area contributed by atoms with Crippen LogP contribution in [0, 0.1) is 5.82 Å². The minimum absolute atomic E-state index is 0.0264. The topological polar surface area (TPSA) is 38.3 Å². The van der Waals surface area contributed by atoms with Crippen LogP contribution >= 0.6 is 0 Å². The molecule has 1 saturated heterocycles. The zero-order valence-corrected chi connectivity index (χ0v) is 10.8. The monoisotopic (exact) mass is 263 g/mol. The van der Waals surface area contributed by atoms with E-state index in [-0.39, 0.29) is 23.4 Å². The SMILES string of the molecule is O=C(NC1(c2ccc(F)cc2)CCC1)C1CCCO1. The molecule has 3 rings (SSSR count). The Balaban J connectivity index is 1.75. The molecular weight excluding hydrogens is 245 g/mol. The zero-order chi connectivity index (χ0) is 13.3. The van der Waals surface area contributed by atoms with Gasteiger partial charge in [0, 0.05) is 6.61 Å². The molecule has 102 valence electrons. The van der Waals surface area contributed by atoms with Gasteiger partial charge in [0.15, 0.2) is 0 Å². The number of rotatable bonds is 3. The van der Waals surface area contributed by atoms with Crippen molar-refractivity contribution in [1.82, 2.24) is 5.32 Å². The van der Waals surface area contributed by atoms with Gasteiger partial charge in [-0.15, -0.1) is 0 Å². The van der Waals surface area contributed by atoms with Crippen LogP contribution in [0.5, 0.6) is 0 Å². The summed E-state index contributed by atoms with van der Waals surface area (Å²) in [6.45, 7) is 0.668. The molecule has 1 unspecified atom stereocenters. The van der Waals surface area contributed by atoms with Crippen molar-refractivity contribution in [3.63, 3.8) is 0 Å². The second-order valence-corrected chi connectivity index (χ2v) is 5.43. The number of benzene rings is 1. The van der Waals surface area contributed by atoms with Gasteiger partial charge in [-0.05, 0) is 49.8 Å². The Morgan fingerprint density at radius 2 is 2.00 bits per heavy atom. The smallest absolute Gasteiger partial charge is 0.249 e. The first-order chi connectivity index (χ1) is 9.20. The summed E-state index contributed by atoms with van der Waals surface area (Å²) in [6, 6.07) is 6.44. The molecule has 1 aromatic carbocycles. The number of carbonyl (C=O) groups excluding carboxylic acids is 1. The maximum atomic E-state index is 13.0. The van der Waals surface area contributed by atoms with Crippen LogP contribution in [0.1, 0.15) is 37.7 Å². The van der Waals surface area contributed by atoms with Gasteiger partial charge in [0.2, 0.25) is 5.91 Å². The predicted octanol–water partition coefficient (Wildman–Crippen LogP) is 2.50. The van der Waals surface area contributed by atoms with E-state index in [4.69, 9.17) is 4.74 Å². The predicted molar refractivity (Wildman–Crippen MR) is 69.0 cm³/mol. The Hall–Kier alpha value is -1.42. The van der Waals surface area contributed by atoms with E-state index in [1.54, 1.807) is 12.1 Å². The molecule has 19 heavy (non-hydrogen) atoms. The summed E-state index contributed by atoms with van der Waals surface area (Å²) in [5.74, 6) is -0.273. The molecule has 1 aliphatic carbocycles. The van der Waals surface area contributed by atoms with Gasteiger partial charge in [0.1, 0.15) is 11.9 Å². The Labute approximate surface area is 112 Å². The van der Waals surface area contributed by atoms with Crippen LogP contribution in [0.15, 0.2) is 24.3 Å². The Kier molecular flexibility index (Phi) is 3.27. The number of amides is 1. The van der Waals surface area contributed by atoms with Crippen LogP contribution < -0.4 is 5.32 Å². The van der Waals surface area contributed by atoms with Crippen LogP contribution in [-0.4, -0.2) is 18.6 Å². The molecule has 0 spiro atoms. The lowest BCUT2D eigenvalue weighted by molar-refractivity contribution is -0.133. The fourth-order valence-electron chi connectivity index (χ4n) is 2.89. The van der Waals surface area contributed by atoms with E-state index in [9.17, 15) is 9.18 Å². The highest BCUT2D eigenvalue weighted by atomic mass is 19.1. The summed E-state index contributed by atoms with van der Waals surface area (Å²) >= 11 is 0. The lowest BCUT2D eigenvalue weighted by atomic mass is 9.71. The molecule has 0 aromatic heterocycles. The molecule has 4 heteroatoms. The third kappa shape index (κ3) is 2.37. The number of carbonyl (C=O) groups is 1. The van der Waals surface area contributed by atoms with E-state index in [1.807, 2.05) is 0 Å². The molecule has 1 saturated carbocycles. The van der Waals surface area contributed by atoms with Crippen molar-refractivity contribution in [2.75, 3.05) is 6.61 Å². The van der Waals surface area contributed by atoms with E-state index in [0.29, 0.717) is 6.61 Å². The highest BCUT2D eigenvalue weighted by Gasteiger charge is 2.41. The lowest BCUT2D eigenvalue weighted by Gasteiger charge is -2.43. The van der Waals surface area contributed by atoms with E-state index in [2.05, 4.69) is 5.32 Å². The fourth-order valence-corrected chi connectivity index (χ4v) is 2.89. The van der Waals surface area contributed by atoms with Crippen molar-refractivity contribution in [2.24, 2.45) is 0 Å². The Morgan fingerprint density at radius 1 is 1.26 bits per heavy atom. The average Bonchev–Trinajstić information content (AvgIpc) is 2.89. The first-order valence-electron chi connectivity index (χ1n) is 6.89. The molecule has 1 atom stereocenters. The first-order valence-corrected chi connectivity index (χ1v) is 6.89. The molecule has 1 N–H and O–H groups in total. The summed E-state index contributed by atoms with van der Waals surface area (Å²) in [4.78, 5) is 12.2. The van der Waals surface area contributed by atoms with E-state index < -0.39 is 0 Å².